The van der Waals surface area contributed by atoms with Crippen molar-refractivity contribution in [2.45, 2.75) is 19.4 Å². The number of amides is 2. The van der Waals surface area contributed by atoms with Crippen LogP contribution in [0.5, 0.6) is 5.75 Å². The van der Waals surface area contributed by atoms with E-state index in [1.54, 1.807) is 55.0 Å². The number of ether oxygens (including phenoxy) is 1. The Hall–Kier alpha value is -2.24. The Labute approximate surface area is 124 Å². The average Bonchev–Trinajstić information content (AvgIpc) is 2.44. The van der Waals surface area contributed by atoms with Crippen molar-refractivity contribution in [1.29, 1.82) is 0 Å². The van der Waals surface area contributed by atoms with E-state index >= 15 is 0 Å². The van der Waals surface area contributed by atoms with Gasteiger partial charge in [0.05, 0.1) is 5.69 Å². The first kappa shape index (κ1) is 15.2. The maximum Gasteiger partial charge on any atom is 0.261 e. The summed E-state index contributed by atoms with van der Waals surface area (Å²) < 4.78 is 5.47. The van der Waals surface area contributed by atoms with Gasteiger partial charge < -0.3 is 20.3 Å². The molecule has 2 N–H and O–H groups in total. The summed E-state index contributed by atoms with van der Waals surface area (Å²) in [4.78, 5) is 27.7. The molecule has 1 saturated heterocycles. The van der Waals surface area contributed by atoms with E-state index in [1.165, 1.54) is 0 Å². The molecule has 0 bridgehead atoms. The molecule has 6 nitrogen and oxygen atoms in total. The van der Waals surface area contributed by atoms with Crippen LogP contribution >= 0.6 is 0 Å². The molecule has 114 valence electrons. The van der Waals surface area contributed by atoms with Gasteiger partial charge in [-0.15, -0.1) is 0 Å². The zero-order valence-electron chi connectivity index (χ0n) is 12.6. The normalized spacial score (nSPS) is 17.8. The van der Waals surface area contributed by atoms with Crippen molar-refractivity contribution in [2.24, 2.45) is 0 Å². The fourth-order valence-corrected chi connectivity index (χ4v) is 2.48. The summed E-state index contributed by atoms with van der Waals surface area (Å²) >= 11 is 0. The Balaban J connectivity index is 2.04. The molecule has 0 spiro atoms. The van der Waals surface area contributed by atoms with Crippen LogP contribution in [0.2, 0.25) is 0 Å². The predicted octanol–water partition coefficient (Wildman–Crippen LogP) is 0.727. The molecule has 1 aliphatic heterocycles. The van der Waals surface area contributed by atoms with Crippen LogP contribution in [0, 0.1) is 0 Å². The van der Waals surface area contributed by atoms with Crippen LogP contribution in [0.1, 0.15) is 13.8 Å². The molecule has 1 aliphatic rings. The van der Waals surface area contributed by atoms with Crippen molar-refractivity contribution in [3.63, 3.8) is 0 Å². The van der Waals surface area contributed by atoms with E-state index in [0.717, 1.165) is 0 Å². The van der Waals surface area contributed by atoms with E-state index < -0.39 is 5.54 Å². The number of anilines is 1. The molecule has 0 aromatic heterocycles. The smallest absolute Gasteiger partial charge is 0.261 e. The van der Waals surface area contributed by atoms with E-state index in [-0.39, 0.29) is 18.4 Å². The second-order valence-electron chi connectivity index (χ2n) is 5.66. The molecule has 1 heterocycles. The number of nitrogens with zero attached hydrogens (tertiary/aromatic N) is 2. The summed E-state index contributed by atoms with van der Waals surface area (Å²) in [6.45, 7) is 4.40. The predicted molar refractivity (Wildman–Crippen MR) is 79.8 cm³/mol. The minimum atomic E-state index is -0.852. The quantitative estimate of drug-likeness (QED) is 0.833. The lowest BCUT2D eigenvalue weighted by atomic mass is 9.98. The fourth-order valence-electron chi connectivity index (χ4n) is 2.48. The second kappa shape index (κ2) is 5.63. The number of nitrogens with two attached hydrogens (primary N) is 1. The molecule has 0 saturated carbocycles. The lowest BCUT2D eigenvalue weighted by Gasteiger charge is -2.44. The van der Waals surface area contributed by atoms with Crippen LogP contribution in [0.25, 0.3) is 0 Å². The van der Waals surface area contributed by atoms with Gasteiger partial charge in [0.2, 0.25) is 5.91 Å². The molecule has 0 atom stereocenters. The Morgan fingerprint density at radius 1 is 1.33 bits per heavy atom. The van der Waals surface area contributed by atoms with E-state index in [0.29, 0.717) is 24.5 Å². The summed E-state index contributed by atoms with van der Waals surface area (Å²) in [6, 6.07) is 7.01. The standard InChI is InChI=1S/C15H21N3O3/c1-15(2)14(20)17(3)8-9-18(15)13(19)10-21-12-7-5-4-6-11(12)16/h4-7H,8-10,16H2,1-3H3. The summed E-state index contributed by atoms with van der Waals surface area (Å²) in [7, 11) is 1.74. The van der Waals surface area contributed by atoms with Crippen LogP contribution in [0.3, 0.4) is 0 Å². The van der Waals surface area contributed by atoms with Gasteiger partial charge in [-0.1, -0.05) is 12.1 Å². The van der Waals surface area contributed by atoms with E-state index in [2.05, 4.69) is 0 Å². The third-order valence-corrected chi connectivity index (χ3v) is 3.78. The molecule has 1 aromatic rings. The molecule has 2 rings (SSSR count). The highest BCUT2D eigenvalue weighted by Gasteiger charge is 2.42. The average molecular weight is 291 g/mol. The molecule has 0 aliphatic carbocycles. The highest BCUT2D eigenvalue weighted by Crippen LogP contribution is 2.23. The molecule has 1 aromatic carbocycles. The number of carbonyl (C=O) groups excluding carboxylic acids is 2. The van der Waals surface area contributed by atoms with Crippen LogP contribution in [-0.4, -0.2) is 53.9 Å². The first-order chi connectivity index (χ1) is 9.84. The molecule has 0 radical (unpaired) electrons. The lowest BCUT2D eigenvalue weighted by Crippen LogP contribution is -2.64. The van der Waals surface area contributed by atoms with Crippen LogP contribution < -0.4 is 10.5 Å². The first-order valence-electron chi connectivity index (χ1n) is 6.87. The van der Waals surface area contributed by atoms with Crippen molar-refractivity contribution in [3.8, 4) is 5.75 Å². The number of hydrogen-bond donors (Lipinski definition) is 1. The molecule has 2 amide bonds. The van der Waals surface area contributed by atoms with Gasteiger partial charge in [-0.05, 0) is 26.0 Å². The fraction of sp³-hybridized carbons (Fsp3) is 0.467. The van der Waals surface area contributed by atoms with E-state index in [4.69, 9.17) is 10.5 Å². The first-order valence-corrected chi connectivity index (χ1v) is 6.87. The summed E-state index contributed by atoms with van der Waals surface area (Å²) in [5, 5.41) is 0. The van der Waals surface area contributed by atoms with Crippen LogP contribution in [0.15, 0.2) is 24.3 Å². The lowest BCUT2D eigenvalue weighted by molar-refractivity contribution is -0.158. The minimum Gasteiger partial charge on any atom is -0.482 e. The highest BCUT2D eigenvalue weighted by atomic mass is 16.5. The maximum absolute atomic E-state index is 12.3. The molecule has 1 fully saturated rings. The van der Waals surface area contributed by atoms with Gasteiger partial charge in [-0.2, -0.15) is 0 Å². The van der Waals surface area contributed by atoms with Gasteiger partial charge in [0, 0.05) is 20.1 Å². The number of benzene rings is 1. The molecule has 6 heteroatoms. The Morgan fingerprint density at radius 3 is 2.67 bits per heavy atom. The topological polar surface area (TPSA) is 75.9 Å². The zero-order valence-corrected chi connectivity index (χ0v) is 12.6. The van der Waals surface area contributed by atoms with E-state index in [9.17, 15) is 9.59 Å². The highest BCUT2D eigenvalue weighted by molar-refractivity contribution is 5.92. The third kappa shape index (κ3) is 2.94. The molecular weight excluding hydrogens is 270 g/mol. The summed E-state index contributed by atoms with van der Waals surface area (Å²) in [5.41, 5.74) is 5.40. The summed E-state index contributed by atoms with van der Waals surface area (Å²) in [5.74, 6) is 0.190. The largest absolute Gasteiger partial charge is 0.482 e. The van der Waals surface area contributed by atoms with Crippen LogP contribution in [0.4, 0.5) is 5.69 Å². The maximum atomic E-state index is 12.3. The van der Waals surface area contributed by atoms with Gasteiger partial charge in [-0.25, -0.2) is 0 Å². The van der Waals surface area contributed by atoms with Crippen molar-refractivity contribution in [1.82, 2.24) is 9.80 Å². The van der Waals surface area contributed by atoms with Gasteiger partial charge in [-0.3, -0.25) is 9.59 Å². The number of carbonyl (C=O) groups is 2. The van der Waals surface area contributed by atoms with Gasteiger partial charge in [0.1, 0.15) is 11.3 Å². The van der Waals surface area contributed by atoms with Crippen molar-refractivity contribution in [2.75, 3.05) is 32.5 Å². The monoisotopic (exact) mass is 291 g/mol. The number of rotatable bonds is 3. The SMILES string of the molecule is CN1CCN(C(=O)COc2ccccc2N)C(C)(C)C1=O. The molecule has 0 unspecified atom stereocenters. The Kier molecular flexibility index (Phi) is 4.06. The number of likely N-dealkylation sites (N-methyl/N-ethyl adjacent to an activating group) is 1. The number of piperazine rings is 1. The van der Waals surface area contributed by atoms with Crippen molar-refractivity contribution in [3.05, 3.63) is 24.3 Å². The third-order valence-electron chi connectivity index (χ3n) is 3.78. The minimum absolute atomic E-state index is 0.0682. The molecular formula is C15H21N3O3. The van der Waals surface area contributed by atoms with Crippen molar-refractivity contribution < 1.29 is 14.3 Å². The van der Waals surface area contributed by atoms with Gasteiger partial charge in [0.25, 0.3) is 5.91 Å². The number of para-hydroxylation sites is 2. The zero-order chi connectivity index (χ0) is 15.6. The van der Waals surface area contributed by atoms with Crippen molar-refractivity contribution >= 4 is 17.5 Å². The van der Waals surface area contributed by atoms with Crippen LogP contribution in [-0.2, 0) is 9.59 Å². The molecule has 21 heavy (non-hydrogen) atoms. The van der Waals surface area contributed by atoms with E-state index in [1.807, 2.05) is 0 Å². The number of hydrogen-bond acceptors (Lipinski definition) is 4. The Bertz CT molecular complexity index is 557. The van der Waals surface area contributed by atoms with Gasteiger partial charge in [0.15, 0.2) is 6.61 Å². The summed E-state index contributed by atoms with van der Waals surface area (Å²) in [6.07, 6.45) is 0. The van der Waals surface area contributed by atoms with Gasteiger partial charge >= 0.3 is 0 Å². The second-order valence-corrected chi connectivity index (χ2v) is 5.66. The number of nitrogen functional groups attached to an aromatic ring is 1. The Morgan fingerprint density at radius 2 is 2.00 bits per heavy atom.